The van der Waals surface area contributed by atoms with E-state index < -0.39 is 0 Å². The number of nitrogens with zero attached hydrogens (tertiary/aromatic N) is 1. The fourth-order valence-corrected chi connectivity index (χ4v) is 3.79. The Bertz CT molecular complexity index is 374. The summed E-state index contributed by atoms with van der Waals surface area (Å²) in [6, 6.07) is 4.50. The molecule has 108 valence electrons. The topological polar surface area (TPSA) is 28.4 Å². The molecule has 0 spiro atoms. The Balaban J connectivity index is 2.20. The van der Waals surface area contributed by atoms with Gasteiger partial charge in [0.05, 0.1) is 6.26 Å². The molecule has 0 radical (unpaired) electrons. The van der Waals surface area contributed by atoms with Crippen LogP contribution in [0.4, 0.5) is 0 Å². The van der Waals surface area contributed by atoms with Gasteiger partial charge in [0.25, 0.3) is 0 Å². The van der Waals surface area contributed by atoms with Crippen LogP contribution in [0.3, 0.4) is 0 Å². The van der Waals surface area contributed by atoms with Crippen LogP contribution in [-0.4, -0.2) is 37.6 Å². The van der Waals surface area contributed by atoms with Crippen molar-refractivity contribution >= 4 is 0 Å². The van der Waals surface area contributed by atoms with E-state index in [2.05, 4.69) is 44.3 Å². The SMILES string of the molecule is CNC(Cc1ccco1)C1(N(C)C)CCCC(C)C1. The van der Waals surface area contributed by atoms with Crippen molar-refractivity contribution in [2.24, 2.45) is 5.92 Å². The van der Waals surface area contributed by atoms with E-state index in [4.69, 9.17) is 4.42 Å². The van der Waals surface area contributed by atoms with Crippen molar-refractivity contribution in [3.05, 3.63) is 24.2 Å². The van der Waals surface area contributed by atoms with Crippen LogP contribution < -0.4 is 5.32 Å². The number of hydrogen-bond donors (Lipinski definition) is 1. The molecule has 19 heavy (non-hydrogen) atoms. The lowest BCUT2D eigenvalue weighted by atomic mass is 9.70. The van der Waals surface area contributed by atoms with Gasteiger partial charge in [0, 0.05) is 18.0 Å². The molecule has 3 atom stereocenters. The summed E-state index contributed by atoms with van der Waals surface area (Å²) in [4.78, 5) is 2.44. The molecular formula is C16H28N2O. The molecule has 1 heterocycles. The molecule has 0 aliphatic heterocycles. The van der Waals surface area contributed by atoms with Crippen LogP contribution in [0.5, 0.6) is 0 Å². The van der Waals surface area contributed by atoms with E-state index in [0.717, 1.165) is 18.1 Å². The first-order valence-corrected chi connectivity index (χ1v) is 7.45. The smallest absolute Gasteiger partial charge is 0.105 e. The van der Waals surface area contributed by atoms with Crippen LogP contribution in [0, 0.1) is 5.92 Å². The molecule has 0 aromatic carbocycles. The summed E-state index contributed by atoms with van der Waals surface area (Å²) in [6.45, 7) is 2.39. The highest BCUT2D eigenvalue weighted by molar-refractivity contribution is 5.08. The number of hydrogen-bond acceptors (Lipinski definition) is 3. The molecule has 1 aromatic heterocycles. The summed E-state index contributed by atoms with van der Waals surface area (Å²) < 4.78 is 5.55. The van der Waals surface area contributed by atoms with Gasteiger partial charge in [0.2, 0.25) is 0 Å². The minimum Gasteiger partial charge on any atom is -0.469 e. The predicted molar refractivity (Wildman–Crippen MR) is 79.3 cm³/mol. The van der Waals surface area contributed by atoms with Crippen molar-refractivity contribution in [3.63, 3.8) is 0 Å². The third kappa shape index (κ3) is 3.03. The molecule has 3 heteroatoms. The van der Waals surface area contributed by atoms with Gasteiger partial charge in [0.1, 0.15) is 5.76 Å². The summed E-state index contributed by atoms with van der Waals surface area (Å²) in [5.41, 5.74) is 0.249. The molecule has 3 nitrogen and oxygen atoms in total. The van der Waals surface area contributed by atoms with E-state index in [-0.39, 0.29) is 5.54 Å². The second-order valence-corrected chi connectivity index (χ2v) is 6.32. The molecule has 3 unspecified atom stereocenters. The number of rotatable bonds is 5. The second kappa shape index (κ2) is 6.10. The maximum atomic E-state index is 5.55. The quantitative estimate of drug-likeness (QED) is 0.886. The Morgan fingerprint density at radius 2 is 2.32 bits per heavy atom. The molecule has 1 aliphatic carbocycles. The van der Waals surface area contributed by atoms with Crippen LogP contribution in [0.2, 0.25) is 0 Å². The van der Waals surface area contributed by atoms with Crippen molar-refractivity contribution in [1.82, 2.24) is 10.2 Å². The normalized spacial score (nSPS) is 29.6. The standard InChI is InChI=1S/C16H28N2O/c1-13-7-5-9-16(12-13,18(3)4)15(17-2)11-14-8-6-10-19-14/h6,8,10,13,15,17H,5,7,9,11-12H2,1-4H3. The van der Waals surface area contributed by atoms with E-state index in [1.54, 1.807) is 6.26 Å². The minimum absolute atomic E-state index is 0.249. The van der Waals surface area contributed by atoms with Crippen molar-refractivity contribution in [3.8, 4) is 0 Å². The Kier molecular flexibility index (Phi) is 4.69. The molecule has 1 aromatic rings. The zero-order chi connectivity index (χ0) is 13.9. The van der Waals surface area contributed by atoms with Gasteiger partial charge in [-0.1, -0.05) is 19.8 Å². The van der Waals surface area contributed by atoms with E-state index in [1.807, 2.05) is 6.07 Å². The molecule has 0 saturated heterocycles. The summed E-state index contributed by atoms with van der Waals surface area (Å²) in [7, 11) is 6.53. The Morgan fingerprint density at radius 1 is 1.53 bits per heavy atom. The van der Waals surface area contributed by atoms with Gasteiger partial charge in [0.15, 0.2) is 0 Å². The van der Waals surface area contributed by atoms with Gasteiger partial charge < -0.3 is 14.6 Å². The third-order valence-corrected chi connectivity index (χ3v) is 4.88. The number of likely N-dealkylation sites (N-methyl/N-ethyl adjacent to an activating group) is 2. The fraction of sp³-hybridized carbons (Fsp3) is 0.750. The summed E-state index contributed by atoms with van der Waals surface area (Å²) >= 11 is 0. The molecule has 1 N–H and O–H groups in total. The monoisotopic (exact) mass is 264 g/mol. The first-order valence-electron chi connectivity index (χ1n) is 7.45. The number of nitrogens with one attached hydrogen (secondary N) is 1. The van der Waals surface area contributed by atoms with Gasteiger partial charge in [-0.05, 0) is 52.0 Å². The lowest BCUT2D eigenvalue weighted by Gasteiger charge is -2.50. The summed E-state index contributed by atoms with van der Waals surface area (Å²) in [6.07, 6.45) is 7.98. The highest BCUT2D eigenvalue weighted by Gasteiger charge is 2.43. The molecule has 1 fully saturated rings. The van der Waals surface area contributed by atoms with Crippen LogP contribution in [0.15, 0.2) is 22.8 Å². The lowest BCUT2D eigenvalue weighted by Crippen LogP contribution is -2.61. The Morgan fingerprint density at radius 3 is 2.84 bits per heavy atom. The van der Waals surface area contributed by atoms with Crippen molar-refractivity contribution in [1.29, 1.82) is 0 Å². The van der Waals surface area contributed by atoms with Gasteiger partial charge in [-0.2, -0.15) is 0 Å². The highest BCUT2D eigenvalue weighted by atomic mass is 16.3. The van der Waals surface area contributed by atoms with Crippen molar-refractivity contribution < 1.29 is 4.42 Å². The molecule has 2 rings (SSSR count). The second-order valence-electron chi connectivity index (χ2n) is 6.32. The first kappa shape index (κ1) is 14.6. The van der Waals surface area contributed by atoms with Gasteiger partial charge in [-0.25, -0.2) is 0 Å². The zero-order valence-corrected chi connectivity index (χ0v) is 12.8. The first-order chi connectivity index (χ1) is 9.08. The van der Waals surface area contributed by atoms with Gasteiger partial charge in [-0.3, -0.25) is 0 Å². The third-order valence-electron chi connectivity index (χ3n) is 4.88. The van der Waals surface area contributed by atoms with Crippen LogP contribution >= 0.6 is 0 Å². The van der Waals surface area contributed by atoms with E-state index in [9.17, 15) is 0 Å². The van der Waals surface area contributed by atoms with Crippen LogP contribution in [-0.2, 0) is 6.42 Å². The van der Waals surface area contributed by atoms with Crippen LogP contribution in [0.25, 0.3) is 0 Å². The maximum absolute atomic E-state index is 5.55. The van der Waals surface area contributed by atoms with Gasteiger partial charge in [-0.15, -0.1) is 0 Å². The predicted octanol–water partition coefficient (Wildman–Crippen LogP) is 2.92. The van der Waals surface area contributed by atoms with Crippen molar-refractivity contribution in [2.75, 3.05) is 21.1 Å². The van der Waals surface area contributed by atoms with Gasteiger partial charge >= 0.3 is 0 Å². The molecule has 0 amide bonds. The summed E-state index contributed by atoms with van der Waals surface area (Å²) in [5, 5.41) is 3.55. The van der Waals surface area contributed by atoms with E-state index in [0.29, 0.717) is 6.04 Å². The fourth-order valence-electron chi connectivity index (χ4n) is 3.79. The van der Waals surface area contributed by atoms with Crippen LogP contribution in [0.1, 0.15) is 38.4 Å². The molecule has 1 aliphatic rings. The average molecular weight is 264 g/mol. The minimum atomic E-state index is 0.249. The Hall–Kier alpha value is -0.800. The average Bonchev–Trinajstić information content (AvgIpc) is 2.88. The molecule has 1 saturated carbocycles. The summed E-state index contributed by atoms with van der Waals surface area (Å²) in [5.74, 6) is 1.89. The molecular weight excluding hydrogens is 236 g/mol. The highest BCUT2D eigenvalue weighted by Crippen LogP contribution is 2.39. The maximum Gasteiger partial charge on any atom is 0.105 e. The molecule has 0 bridgehead atoms. The largest absolute Gasteiger partial charge is 0.469 e. The van der Waals surface area contributed by atoms with Crippen molar-refractivity contribution in [2.45, 2.75) is 50.6 Å². The zero-order valence-electron chi connectivity index (χ0n) is 12.8. The Labute approximate surface area is 117 Å². The lowest BCUT2D eigenvalue weighted by molar-refractivity contribution is 0.0383. The van der Waals surface area contributed by atoms with E-state index in [1.165, 1.54) is 25.7 Å². The number of furan rings is 1. The van der Waals surface area contributed by atoms with E-state index >= 15 is 0 Å².